The van der Waals surface area contributed by atoms with Crippen molar-refractivity contribution in [2.24, 2.45) is 0 Å². The smallest absolute Gasteiger partial charge is 0.355 e. The van der Waals surface area contributed by atoms with Gasteiger partial charge in [0.1, 0.15) is 5.01 Å². The Bertz CT molecular complexity index is 733. The normalized spacial score (nSPS) is 12.4. The number of rotatable bonds is 4. The van der Waals surface area contributed by atoms with E-state index < -0.39 is 5.97 Å². The highest BCUT2D eigenvalue weighted by atomic mass is 32.1. The summed E-state index contributed by atoms with van der Waals surface area (Å²) in [6, 6.07) is 7.85. The van der Waals surface area contributed by atoms with Gasteiger partial charge in [-0.2, -0.15) is 0 Å². The SMILES string of the molecule is CC(Nc1nc2ccccc2s1)c1nc(C(=O)O)cs1. The maximum atomic E-state index is 10.8. The zero-order valence-electron chi connectivity index (χ0n) is 10.5. The van der Waals surface area contributed by atoms with Crippen molar-refractivity contribution in [2.45, 2.75) is 13.0 Å². The van der Waals surface area contributed by atoms with Gasteiger partial charge in [-0.3, -0.25) is 0 Å². The Kier molecular flexibility index (Phi) is 3.37. The second kappa shape index (κ2) is 5.18. The molecule has 2 aromatic heterocycles. The molecule has 0 fully saturated rings. The third-order valence-corrected chi connectivity index (χ3v) is 4.74. The number of carboxylic acid groups (broad SMARTS) is 1. The molecule has 1 atom stereocenters. The van der Waals surface area contributed by atoms with Crippen molar-refractivity contribution >= 4 is 44.0 Å². The molecule has 7 heteroatoms. The molecule has 0 saturated heterocycles. The number of hydrogen-bond donors (Lipinski definition) is 2. The van der Waals surface area contributed by atoms with Gasteiger partial charge >= 0.3 is 5.97 Å². The fraction of sp³-hybridized carbons (Fsp3) is 0.154. The molecule has 2 N–H and O–H groups in total. The molecular weight excluding hydrogens is 294 g/mol. The summed E-state index contributed by atoms with van der Waals surface area (Å²) in [6.07, 6.45) is 0. The number of carboxylic acids is 1. The van der Waals surface area contributed by atoms with Crippen LogP contribution in [0.3, 0.4) is 0 Å². The number of para-hydroxylation sites is 1. The van der Waals surface area contributed by atoms with Crippen LogP contribution in [0, 0.1) is 0 Å². The molecule has 5 nitrogen and oxygen atoms in total. The number of nitrogens with zero attached hydrogens (tertiary/aromatic N) is 2. The molecule has 0 bridgehead atoms. The van der Waals surface area contributed by atoms with Crippen LogP contribution in [0.2, 0.25) is 0 Å². The molecule has 0 saturated carbocycles. The van der Waals surface area contributed by atoms with Gasteiger partial charge in [0.15, 0.2) is 10.8 Å². The maximum Gasteiger partial charge on any atom is 0.355 e. The van der Waals surface area contributed by atoms with Crippen LogP contribution in [-0.2, 0) is 0 Å². The van der Waals surface area contributed by atoms with E-state index in [-0.39, 0.29) is 11.7 Å². The number of nitrogens with one attached hydrogen (secondary N) is 1. The number of carbonyl (C=O) groups is 1. The van der Waals surface area contributed by atoms with E-state index in [1.165, 1.54) is 11.3 Å². The van der Waals surface area contributed by atoms with Gasteiger partial charge in [-0.05, 0) is 19.1 Å². The Morgan fingerprint density at radius 3 is 2.85 bits per heavy atom. The molecule has 0 aliphatic carbocycles. The zero-order chi connectivity index (χ0) is 14.1. The summed E-state index contributed by atoms with van der Waals surface area (Å²) in [7, 11) is 0. The lowest BCUT2D eigenvalue weighted by atomic mass is 10.3. The molecule has 1 aromatic carbocycles. The van der Waals surface area contributed by atoms with Gasteiger partial charge < -0.3 is 10.4 Å². The lowest BCUT2D eigenvalue weighted by Crippen LogP contribution is -2.07. The second-order valence-electron chi connectivity index (χ2n) is 4.23. The molecule has 0 radical (unpaired) electrons. The minimum absolute atomic E-state index is 0.0753. The van der Waals surface area contributed by atoms with Crippen LogP contribution in [0.4, 0.5) is 5.13 Å². The van der Waals surface area contributed by atoms with Gasteiger partial charge in [-0.1, -0.05) is 23.5 Å². The van der Waals surface area contributed by atoms with E-state index in [1.54, 1.807) is 16.7 Å². The standard InChI is InChI=1S/C13H11N3O2S2/c1-7(11-15-9(6-19-11)12(17)18)14-13-16-8-4-2-3-5-10(8)20-13/h2-7H,1H3,(H,14,16)(H,17,18). The van der Waals surface area contributed by atoms with Crippen LogP contribution in [0.5, 0.6) is 0 Å². The highest BCUT2D eigenvalue weighted by molar-refractivity contribution is 7.22. The van der Waals surface area contributed by atoms with Crippen LogP contribution in [0.15, 0.2) is 29.6 Å². The summed E-state index contributed by atoms with van der Waals surface area (Å²) in [5, 5.41) is 15.2. The van der Waals surface area contributed by atoms with Crippen LogP contribution >= 0.6 is 22.7 Å². The number of anilines is 1. The van der Waals surface area contributed by atoms with Crippen molar-refractivity contribution < 1.29 is 9.90 Å². The fourth-order valence-electron chi connectivity index (χ4n) is 1.77. The molecule has 20 heavy (non-hydrogen) atoms. The number of aromatic nitrogens is 2. The van der Waals surface area contributed by atoms with E-state index in [1.807, 2.05) is 31.2 Å². The quantitative estimate of drug-likeness (QED) is 0.770. The molecule has 0 aliphatic heterocycles. The number of fused-ring (bicyclic) bond motifs is 1. The molecule has 1 unspecified atom stereocenters. The molecule has 2 heterocycles. The number of aromatic carboxylic acids is 1. The number of hydrogen-bond acceptors (Lipinski definition) is 6. The summed E-state index contributed by atoms with van der Waals surface area (Å²) in [4.78, 5) is 19.4. The van der Waals surface area contributed by atoms with E-state index in [4.69, 9.17) is 5.11 Å². The first-order chi connectivity index (χ1) is 9.63. The van der Waals surface area contributed by atoms with Gasteiger partial charge in [0, 0.05) is 5.38 Å². The summed E-state index contributed by atoms with van der Waals surface area (Å²) in [6.45, 7) is 1.94. The van der Waals surface area contributed by atoms with Crippen molar-refractivity contribution in [1.82, 2.24) is 9.97 Å². The fourth-order valence-corrected chi connectivity index (χ4v) is 3.52. The Morgan fingerprint density at radius 1 is 1.35 bits per heavy atom. The van der Waals surface area contributed by atoms with Gasteiger partial charge in [0.2, 0.25) is 0 Å². The topological polar surface area (TPSA) is 75.1 Å². The molecule has 3 rings (SSSR count). The molecule has 3 aromatic rings. The van der Waals surface area contributed by atoms with E-state index in [0.29, 0.717) is 0 Å². The van der Waals surface area contributed by atoms with E-state index in [9.17, 15) is 4.79 Å². The van der Waals surface area contributed by atoms with Crippen molar-refractivity contribution in [3.63, 3.8) is 0 Å². The number of thiazole rings is 2. The third kappa shape index (κ3) is 2.50. The van der Waals surface area contributed by atoms with Gasteiger partial charge in [-0.25, -0.2) is 14.8 Å². The monoisotopic (exact) mass is 305 g/mol. The van der Waals surface area contributed by atoms with E-state index in [2.05, 4.69) is 15.3 Å². The summed E-state index contributed by atoms with van der Waals surface area (Å²) >= 11 is 2.91. The van der Waals surface area contributed by atoms with Crippen LogP contribution in [-0.4, -0.2) is 21.0 Å². The van der Waals surface area contributed by atoms with Gasteiger partial charge in [0.05, 0.1) is 16.3 Å². The van der Waals surface area contributed by atoms with Crippen molar-refractivity contribution in [2.75, 3.05) is 5.32 Å². The Hall–Kier alpha value is -1.99. The van der Waals surface area contributed by atoms with Crippen molar-refractivity contribution in [1.29, 1.82) is 0 Å². The first kappa shape index (κ1) is 13.0. The third-order valence-electron chi connectivity index (χ3n) is 2.75. The zero-order valence-corrected chi connectivity index (χ0v) is 12.2. The average molecular weight is 305 g/mol. The van der Waals surface area contributed by atoms with Crippen molar-refractivity contribution in [3.8, 4) is 0 Å². The predicted molar refractivity (Wildman–Crippen MR) is 80.7 cm³/mol. The number of benzene rings is 1. The summed E-state index contributed by atoms with van der Waals surface area (Å²) < 4.78 is 1.12. The van der Waals surface area contributed by atoms with Gasteiger partial charge in [0.25, 0.3) is 0 Å². The first-order valence-corrected chi connectivity index (χ1v) is 7.64. The summed E-state index contributed by atoms with van der Waals surface area (Å²) in [5.41, 5.74) is 1.04. The molecule has 102 valence electrons. The Labute approximate surface area is 122 Å². The Morgan fingerprint density at radius 2 is 2.15 bits per heavy atom. The maximum absolute atomic E-state index is 10.8. The van der Waals surface area contributed by atoms with Crippen molar-refractivity contribution in [3.05, 3.63) is 40.3 Å². The molecular formula is C13H11N3O2S2. The molecule has 0 aliphatic rings. The average Bonchev–Trinajstić information content (AvgIpc) is 3.04. The van der Waals surface area contributed by atoms with Crippen LogP contribution in [0.25, 0.3) is 10.2 Å². The van der Waals surface area contributed by atoms with Crippen LogP contribution < -0.4 is 5.32 Å². The highest BCUT2D eigenvalue weighted by Gasteiger charge is 2.15. The van der Waals surface area contributed by atoms with E-state index in [0.717, 1.165) is 20.4 Å². The Balaban J connectivity index is 1.80. The van der Waals surface area contributed by atoms with Gasteiger partial charge in [-0.15, -0.1) is 11.3 Å². The predicted octanol–water partition coefficient (Wildman–Crippen LogP) is 3.62. The minimum Gasteiger partial charge on any atom is -0.476 e. The lowest BCUT2D eigenvalue weighted by Gasteiger charge is -2.08. The second-order valence-corrected chi connectivity index (χ2v) is 6.15. The molecule has 0 amide bonds. The lowest BCUT2D eigenvalue weighted by molar-refractivity contribution is 0.0691. The highest BCUT2D eigenvalue weighted by Crippen LogP contribution is 2.29. The summed E-state index contributed by atoms with van der Waals surface area (Å²) in [5.74, 6) is -1.00. The minimum atomic E-state index is -1.00. The van der Waals surface area contributed by atoms with E-state index >= 15 is 0 Å². The first-order valence-electron chi connectivity index (χ1n) is 5.94. The largest absolute Gasteiger partial charge is 0.476 e. The molecule has 0 spiro atoms. The van der Waals surface area contributed by atoms with Crippen LogP contribution in [0.1, 0.15) is 28.5 Å².